The summed E-state index contributed by atoms with van der Waals surface area (Å²) in [5.74, 6) is -5.95. The van der Waals surface area contributed by atoms with E-state index in [9.17, 15) is 23.5 Å². The Labute approximate surface area is 142 Å². The van der Waals surface area contributed by atoms with Gasteiger partial charge in [0.05, 0.1) is 0 Å². The molecule has 0 radical (unpaired) electrons. The van der Waals surface area contributed by atoms with Gasteiger partial charge in [0, 0.05) is 12.6 Å². The molecule has 0 rings (SSSR count). The first-order valence-electron chi connectivity index (χ1n) is 8.29. The standard InChI is InChI=1S/C16H31F2N3O3/c1-9(2)6-7-20-14(23)11(5)21-15(24)16(17,18)13(22)12(19)8-10(3)4/h9-13,22H,6-8,19H2,1-5H3,(H,20,23)(H,21,24). The van der Waals surface area contributed by atoms with Gasteiger partial charge in [0.2, 0.25) is 5.91 Å². The topological polar surface area (TPSA) is 104 Å². The van der Waals surface area contributed by atoms with Crippen LogP contribution in [0.1, 0.15) is 47.5 Å². The largest absolute Gasteiger partial charge is 0.385 e. The summed E-state index contributed by atoms with van der Waals surface area (Å²) in [5, 5.41) is 14.2. The van der Waals surface area contributed by atoms with E-state index in [4.69, 9.17) is 5.73 Å². The lowest BCUT2D eigenvalue weighted by Gasteiger charge is -2.28. The number of carbonyl (C=O) groups is 2. The molecule has 0 saturated carbocycles. The van der Waals surface area contributed by atoms with Crippen LogP contribution in [0.15, 0.2) is 0 Å². The van der Waals surface area contributed by atoms with Crippen molar-refractivity contribution in [3.05, 3.63) is 0 Å². The average molecular weight is 351 g/mol. The molecule has 6 nitrogen and oxygen atoms in total. The van der Waals surface area contributed by atoms with E-state index in [1.165, 1.54) is 6.92 Å². The molecule has 0 aliphatic rings. The normalized spacial score (nSPS) is 16.0. The summed E-state index contributed by atoms with van der Waals surface area (Å²) in [4.78, 5) is 23.5. The molecule has 0 spiro atoms. The van der Waals surface area contributed by atoms with E-state index < -0.39 is 35.9 Å². The SMILES string of the molecule is CC(C)CCNC(=O)C(C)NC(=O)C(F)(F)C(O)C(N)CC(C)C. The summed E-state index contributed by atoms with van der Waals surface area (Å²) in [7, 11) is 0. The number of nitrogens with two attached hydrogens (primary N) is 1. The van der Waals surface area contributed by atoms with Crippen LogP contribution in [-0.2, 0) is 9.59 Å². The van der Waals surface area contributed by atoms with Crippen LogP contribution in [0.5, 0.6) is 0 Å². The third-order valence-electron chi connectivity index (χ3n) is 3.59. The van der Waals surface area contributed by atoms with Crippen LogP contribution in [0.25, 0.3) is 0 Å². The van der Waals surface area contributed by atoms with Gasteiger partial charge in [-0.3, -0.25) is 9.59 Å². The van der Waals surface area contributed by atoms with E-state index in [2.05, 4.69) is 5.32 Å². The maximum absolute atomic E-state index is 14.0. The van der Waals surface area contributed by atoms with Crippen molar-refractivity contribution in [3.8, 4) is 0 Å². The minimum Gasteiger partial charge on any atom is -0.385 e. The van der Waals surface area contributed by atoms with Crippen LogP contribution in [-0.4, -0.2) is 47.6 Å². The second-order valence-corrected chi connectivity index (χ2v) is 7.03. The van der Waals surface area contributed by atoms with Crippen molar-refractivity contribution in [1.29, 1.82) is 0 Å². The van der Waals surface area contributed by atoms with Gasteiger partial charge in [-0.15, -0.1) is 0 Å². The maximum Gasteiger partial charge on any atom is 0.351 e. The first-order chi connectivity index (χ1) is 10.9. The lowest BCUT2D eigenvalue weighted by molar-refractivity contribution is -0.167. The van der Waals surface area contributed by atoms with Gasteiger partial charge in [0.1, 0.15) is 12.1 Å². The molecule has 0 aromatic rings. The van der Waals surface area contributed by atoms with Gasteiger partial charge in [-0.1, -0.05) is 27.7 Å². The molecule has 2 amide bonds. The maximum atomic E-state index is 14.0. The average Bonchev–Trinajstić information content (AvgIpc) is 2.44. The van der Waals surface area contributed by atoms with Gasteiger partial charge in [-0.05, 0) is 31.6 Å². The lowest BCUT2D eigenvalue weighted by Crippen LogP contribution is -2.58. The Balaban J connectivity index is 4.62. The van der Waals surface area contributed by atoms with Crippen molar-refractivity contribution in [1.82, 2.24) is 10.6 Å². The van der Waals surface area contributed by atoms with E-state index in [-0.39, 0.29) is 12.3 Å². The second kappa shape index (κ2) is 9.88. The molecule has 0 heterocycles. The number of aliphatic hydroxyl groups is 1. The molecule has 0 aromatic carbocycles. The number of carbonyl (C=O) groups excluding carboxylic acids is 2. The highest BCUT2D eigenvalue weighted by molar-refractivity contribution is 5.90. The fourth-order valence-electron chi connectivity index (χ4n) is 2.07. The second-order valence-electron chi connectivity index (χ2n) is 7.03. The number of halogens is 2. The number of nitrogens with one attached hydrogen (secondary N) is 2. The number of amides is 2. The molecule has 24 heavy (non-hydrogen) atoms. The van der Waals surface area contributed by atoms with Crippen molar-refractivity contribution in [2.45, 2.75) is 71.6 Å². The van der Waals surface area contributed by atoms with Gasteiger partial charge >= 0.3 is 5.92 Å². The summed E-state index contributed by atoms with van der Waals surface area (Å²) < 4.78 is 28.0. The van der Waals surface area contributed by atoms with Crippen molar-refractivity contribution >= 4 is 11.8 Å². The van der Waals surface area contributed by atoms with Crippen LogP contribution >= 0.6 is 0 Å². The molecule has 5 N–H and O–H groups in total. The summed E-state index contributed by atoms with van der Waals surface area (Å²) in [6.07, 6.45) is -1.42. The molecule has 3 unspecified atom stereocenters. The number of alkyl halides is 2. The number of aliphatic hydroxyl groups excluding tert-OH is 1. The van der Waals surface area contributed by atoms with Gasteiger partial charge < -0.3 is 21.5 Å². The zero-order chi connectivity index (χ0) is 19.1. The van der Waals surface area contributed by atoms with E-state index in [1.54, 1.807) is 13.8 Å². The third-order valence-corrected chi connectivity index (χ3v) is 3.59. The molecule has 0 aromatic heterocycles. The van der Waals surface area contributed by atoms with Crippen molar-refractivity contribution in [2.24, 2.45) is 17.6 Å². The molecule has 3 atom stereocenters. The summed E-state index contributed by atoms with van der Waals surface area (Å²) in [5.41, 5.74) is 5.54. The number of rotatable bonds is 10. The molecule has 0 bridgehead atoms. The first kappa shape index (κ1) is 22.7. The lowest BCUT2D eigenvalue weighted by atomic mass is 9.96. The van der Waals surface area contributed by atoms with Crippen LogP contribution in [0.4, 0.5) is 8.78 Å². The van der Waals surface area contributed by atoms with E-state index in [0.29, 0.717) is 12.5 Å². The molecule has 0 saturated heterocycles. The minimum atomic E-state index is -4.07. The fraction of sp³-hybridized carbons (Fsp3) is 0.875. The number of hydrogen-bond acceptors (Lipinski definition) is 4. The van der Waals surface area contributed by atoms with Crippen LogP contribution in [0.2, 0.25) is 0 Å². The van der Waals surface area contributed by atoms with Crippen LogP contribution in [0, 0.1) is 11.8 Å². The van der Waals surface area contributed by atoms with E-state index >= 15 is 0 Å². The summed E-state index contributed by atoms with van der Waals surface area (Å²) >= 11 is 0. The first-order valence-corrected chi connectivity index (χ1v) is 8.29. The molecule has 8 heteroatoms. The Kier molecular flexibility index (Phi) is 9.35. The van der Waals surface area contributed by atoms with E-state index in [1.807, 2.05) is 19.2 Å². The summed E-state index contributed by atoms with van der Waals surface area (Å²) in [6.45, 7) is 9.22. The van der Waals surface area contributed by atoms with Crippen molar-refractivity contribution in [2.75, 3.05) is 6.54 Å². The predicted molar refractivity (Wildman–Crippen MR) is 88.5 cm³/mol. The van der Waals surface area contributed by atoms with Crippen LogP contribution < -0.4 is 16.4 Å². The highest BCUT2D eigenvalue weighted by atomic mass is 19.3. The van der Waals surface area contributed by atoms with Crippen molar-refractivity contribution in [3.63, 3.8) is 0 Å². The molecule has 0 fully saturated rings. The molecular formula is C16H31F2N3O3. The van der Waals surface area contributed by atoms with Crippen LogP contribution in [0.3, 0.4) is 0 Å². The van der Waals surface area contributed by atoms with Crippen molar-refractivity contribution < 1.29 is 23.5 Å². The predicted octanol–water partition coefficient (Wildman–Crippen LogP) is 1.02. The highest BCUT2D eigenvalue weighted by Gasteiger charge is 2.49. The Hall–Kier alpha value is -1.28. The highest BCUT2D eigenvalue weighted by Crippen LogP contribution is 2.23. The van der Waals surface area contributed by atoms with Gasteiger partial charge in [-0.25, -0.2) is 0 Å². The third kappa shape index (κ3) is 7.53. The quantitative estimate of drug-likeness (QED) is 0.472. The molecule has 0 aliphatic heterocycles. The zero-order valence-electron chi connectivity index (χ0n) is 15.1. The zero-order valence-corrected chi connectivity index (χ0v) is 15.1. The number of hydrogen-bond donors (Lipinski definition) is 4. The fourth-order valence-corrected chi connectivity index (χ4v) is 2.07. The molecule has 142 valence electrons. The molecule has 0 aliphatic carbocycles. The summed E-state index contributed by atoms with van der Waals surface area (Å²) in [6, 6.07) is -2.37. The Morgan fingerprint density at radius 2 is 1.67 bits per heavy atom. The van der Waals surface area contributed by atoms with E-state index in [0.717, 1.165) is 6.42 Å². The minimum absolute atomic E-state index is 0.000769. The smallest absolute Gasteiger partial charge is 0.351 e. The monoisotopic (exact) mass is 351 g/mol. The Bertz CT molecular complexity index is 417. The van der Waals surface area contributed by atoms with Gasteiger partial charge in [-0.2, -0.15) is 8.78 Å². The Morgan fingerprint density at radius 1 is 1.12 bits per heavy atom. The molecular weight excluding hydrogens is 320 g/mol. The Morgan fingerprint density at radius 3 is 2.12 bits per heavy atom. The van der Waals surface area contributed by atoms with Gasteiger partial charge in [0.15, 0.2) is 0 Å². The van der Waals surface area contributed by atoms with Gasteiger partial charge in [0.25, 0.3) is 5.91 Å².